The molecule has 0 spiro atoms. The molecule has 0 fully saturated rings. The number of amides is 1. The van der Waals surface area contributed by atoms with E-state index in [0.717, 1.165) is 11.3 Å². The smallest absolute Gasteiger partial charge is 0.270 e. The Hall–Kier alpha value is -4.00. The summed E-state index contributed by atoms with van der Waals surface area (Å²) in [5.74, 6) is -0.872. The summed E-state index contributed by atoms with van der Waals surface area (Å²) in [5.41, 5.74) is 5.77. The van der Waals surface area contributed by atoms with Crippen molar-refractivity contribution in [1.82, 2.24) is 19.6 Å². The van der Waals surface area contributed by atoms with Crippen molar-refractivity contribution < 1.29 is 9.72 Å². The molecule has 1 amide bonds. The number of thiazole rings is 1. The van der Waals surface area contributed by atoms with Crippen molar-refractivity contribution in [2.45, 2.75) is 6.92 Å². The number of rotatable bonds is 4. The van der Waals surface area contributed by atoms with Crippen LogP contribution < -0.4 is 11.3 Å². The van der Waals surface area contributed by atoms with E-state index in [1.165, 1.54) is 28.9 Å². The molecule has 3 aromatic heterocycles. The predicted octanol–water partition coefficient (Wildman–Crippen LogP) is 2.36. The first-order chi connectivity index (χ1) is 13.3. The van der Waals surface area contributed by atoms with Crippen LogP contribution in [-0.4, -0.2) is 30.4 Å². The molecule has 0 saturated carbocycles. The van der Waals surface area contributed by atoms with Crippen LogP contribution in [0.1, 0.15) is 16.1 Å². The standard InChI is InChI=1S/C15H10N8O4S/c1-6-11(13-18-14(25)8(12(16)24)5-22(13)21-6)19-20-15-17-9-3-2-7(23(26)27)4-10(9)28-15/h2-5H,1H3,(H2,16,24)(H,18,25)/b20-19+. The molecule has 3 heterocycles. The number of non-ortho nitro benzene ring substituents is 1. The maximum Gasteiger partial charge on any atom is 0.270 e. The zero-order chi connectivity index (χ0) is 20.0. The van der Waals surface area contributed by atoms with Gasteiger partial charge in [0.05, 0.1) is 20.8 Å². The molecule has 4 aromatic rings. The van der Waals surface area contributed by atoms with Gasteiger partial charge in [0, 0.05) is 18.3 Å². The number of nitrogens with zero attached hydrogens (tertiary/aromatic N) is 6. The Kier molecular flexibility index (Phi) is 3.93. The lowest BCUT2D eigenvalue weighted by molar-refractivity contribution is -0.384. The normalized spacial score (nSPS) is 11.6. The molecule has 140 valence electrons. The predicted molar refractivity (Wildman–Crippen MR) is 99.5 cm³/mol. The minimum Gasteiger partial charge on any atom is -0.365 e. The van der Waals surface area contributed by atoms with Crippen LogP contribution in [0.2, 0.25) is 0 Å². The lowest BCUT2D eigenvalue weighted by Crippen LogP contribution is -2.24. The van der Waals surface area contributed by atoms with E-state index >= 15 is 0 Å². The van der Waals surface area contributed by atoms with Gasteiger partial charge in [-0.15, -0.1) is 10.2 Å². The zero-order valence-electron chi connectivity index (χ0n) is 14.1. The first-order valence-electron chi connectivity index (χ1n) is 7.72. The van der Waals surface area contributed by atoms with Crippen molar-refractivity contribution in [2.75, 3.05) is 0 Å². The number of aromatic nitrogens is 4. The van der Waals surface area contributed by atoms with E-state index in [1.807, 2.05) is 0 Å². The molecule has 13 heteroatoms. The van der Waals surface area contributed by atoms with E-state index in [4.69, 9.17) is 5.73 Å². The van der Waals surface area contributed by atoms with Crippen LogP contribution in [0.4, 0.5) is 16.5 Å². The van der Waals surface area contributed by atoms with Crippen LogP contribution in [0.25, 0.3) is 15.9 Å². The molecule has 0 bridgehead atoms. The number of nitrogens with one attached hydrogen (secondary N) is 1. The number of carbonyl (C=O) groups is 1. The zero-order valence-corrected chi connectivity index (χ0v) is 14.9. The first-order valence-corrected chi connectivity index (χ1v) is 8.54. The maximum absolute atomic E-state index is 12.0. The van der Waals surface area contributed by atoms with Crippen molar-refractivity contribution in [1.29, 1.82) is 0 Å². The highest BCUT2D eigenvalue weighted by atomic mass is 32.1. The first kappa shape index (κ1) is 17.4. The quantitative estimate of drug-likeness (QED) is 0.303. The van der Waals surface area contributed by atoms with Gasteiger partial charge in [-0.1, -0.05) is 11.3 Å². The molecule has 28 heavy (non-hydrogen) atoms. The number of nitro groups is 1. The lowest BCUT2D eigenvalue weighted by atomic mass is 10.3. The van der Waals surface area contributed by atoms with Gasteiger partial charge in [-0.25, -0.2) is 9.50 Å². The number of fused-ring (bicyclic) bond motifs is 2. The Bertz CT molecular complexity index is 1370. The number of nitro benzene ring substituents is 1. The molecule has 0 saturated heterocycles. The van der Waals surface area contributed by atoms with Gasteiger partial charge in [0.15, 0.2) is 11.3 Å². The van der Waals surface area contributed by atoms with Crippen LogP contribution in [-0.2, 0) is 0 Å². The topological polar surface area (TPSA) is 174 Å². The fourth-order valence-electron chi connectivity index (χ4n) is 2.55. The van der Waals surface area contributed by atoms with E-state index in [1.54, 1.807) is 6.92 Å². The summed E-state index contributed by atoms with van der Waals surface area (Å²) < 4.78 is 1.88. The van der Waals surface area contributed by atoms with Crippen molar-refractivity contribution in [2.24, 2.45) is 16.0 Å². The van der Waals surface area contributed by atoms with Gasteiger partial charge < -0.3 is 10.7 Å². The van der Waals surface area contributed by atoms with Crippen LogP contribution in [0, 0.1) is 17.0 Å². The average Bonchev–Trinajstić information content (AvgIpc) is 3.17. The number of carbonyl (C=O) groups excluding carboxylic acids is 1. The molecular weight excluding hydrogens is 388 g/mol. The number of azo groups is 1. The van der Waals surface area contributed by atoms with Crippen LogP contribution in [0.5, 0.6) is 0 Å². The fourth-order valence-corrected chi connectivity index (χ4v) is 3.37. The highest BCUT2D eigenvalue weighted by molar-refractivity contribution is 7.21. The minimum atomic E-state index is -0.872. The summed E-state index contributed by atoms with van der Waals surface area (Å²) in [6.07, 6.45) is 1.22. The Morgan fingerprint density at radius 1 is 1.39 bits per heavy atom. The van der Waals surface area contributed by atoms with E-state index in [0.29, 0.717) is 21.6 Å². The Labute approximate surface area is 158 Å². The highest BCUT2D eigenvalue weighted by Gasteiger charge is 2.15. The van der Waals surface area contributed by atoms with Crippen molar-refractivity contribution in [3.8, 4) is 0 Å². The molecule has 0 aliphatic heterocycles. The fraction of sp³-hybridized carbons (Fsp3) is 0.0667. The second kappa shape index (κ2) is 6.31. The van der Waals surface area contributed by atoms with E-state index in [-0.39, 0.29) is 22.0 Å². The summed E-state index contributed by atoms with van der Waals surface area (Å²) >= 11 is 1.14. The SMILES string of the molecule is Cc1nn2cc(C(N)=O)c(=O)[nH]c2c1/N=N/c1nc2ccc([N+](=O)[O-])cc2s1. The summed E-state index contributed by atoms with van der Waals surface area (Å²) in [4.78, 5) is 40.4. The van der Waals surface area contributed by atoms with Gasteiger partial charge >= 0.3 is 0 Å². The molecule has 4 rings (SSSR count). The van der Waals surface area contributed by atoms with Gasteiger partial charge in [0.1, 0.15) is 5.56 Å². The van der Waals surface area contributed by atoms with Crippen molar-refractivity contribution in [3.63, 3.8) is 0 Å². The third-order valence-electron chi connectivity index (χ3n) is 3.85. The van der Waals surface area contributed by atoms with Crippen LogP contribution in [0.15, 0.2) is 39.4 Å². The highest BCUT2D eigenvalue weighted by Crippen LogP contribution is 2.32. The van der Waals surface area contributed by atoms with Crippen LogP contribution >= 0.6 is 11.3 Å². The largest absolute Gasteiger partial charge is 0.365 e. The van der Waals surface area contributed by atoms with Gasteiger partial charge in [-0.3, -0.25) is 19.7 Å². The molecule has 3 N–H and O–H groups in total. The second-order valence-corrected chi connectivity index (χ2v) is 6.70. The molecule has 1 aromatic carbocycles. The number of nitrogens with two attached hydrogens (primary N) is 1. The average molecular weight is 398 g/mol. The number of aromatic amines is 1. The Morgan fingerprint density at radius 2 is 2.18 bits per heavy atom. The van der Waals surface area contributed by atoms with Gasteiger partial charge in [-0.2, -0.15) is 5.10 Å². The van der Waals surface area contributed by atoms with Gasteiger partial charge in [-0.05, 0) is 13.0 Å². The number of H-pyrrole nitrogens is 1. The second-order valence-electron chi connectivity index (χ2n) is 5.69. The maximum atomic E-state index is 12.0. The van der Waals surface area contributed by atoms with E-state index in [2.05, 4.69) is 25.3 Å². The van der Waals surface area contributed by atoms with E-state index < -0.39 is 16.4 Å². The monoisotopic (exact) mass is 398 g/mol. The summed E-state index contributed by atoms with van der Waals surface area (Å²) in [6, 6.07) is 4.31. The molecule has 0 unspecified atom stereocenters. The Morgan fingerprint density at radius 3 is 2.89 bits per heavy atom. The van der Waals surface area contributed by atoms with Gasteiger partial charge in [0.25, 0.3) is 17.2 Å². The van der Waals surface area contributed by atoms with E-state index in [9.17, 15) is 19.7 Å². The molecule has 0 radical (unpaired) electrons. The minimum absolute atomic E-state index is 0.0408. The third-order valence-corrected chi connectivity index (χ3v) is 4.76. The van der Waals surface area contributed by atoms with Crippen molar-refractivity contribution >= 4 is 49.6 Å². The molecular formula is C15H10N8O4S. The summed E-state index contributed by atoms with van der Waals surface area (Å²) in [6.45, 7) is 1.66. The van der Waals surface area contributed by atoms with Crippen molar-refractivity contribution in [3.05, 3.63) is 56.1 Å². The van der Waals surface area contributed by atoms with Gasteiger partial charge in [0.2, 0.25) is 5.13 Å². The number of benzene rings is 1. The lowest BCUT2D eigenvalue weighted by Gasteiger charge is -1.96. The summed E-state index contributed by atoms with van der Waals surface area (Å²) in [7, 11) is 0. The number of primary amides is 1. The van der Waals surface area contributed by atoms with Crippen LogP contribution in [0.3, 0.4) is 0 Å². The molecule has 0 aliphatic rings. The molecule has 0 atom stereocenters. The molecule has 0 aliphatic carbocycles. The third kappa shape index (κ3) is 2.88. The number of hydrogen-bond acceptors (Lipinski definition) is 9. The molecule has 12 nitrogen and oxygen atoms in total. The summed E-state index contributed by atoms with van der Waals surface area (Å²) in [5, 5.41) is 23.5. The number of hydrogen-bond donors (Lipinski definition) is 2. The Balaban J connectivity index is 1.76. The number of aryl methyl sites for hydroxylation is 1.